The van der Waals surface area contributed by atoms with Gasteiger partial charge in [-0.15, -0.1) is 0 Å². The molecule has 0 aliphatic heterocycles. The third kappa shape index (κ3) is 6.23. The molecule has 0 bridgehead atoms. The van der Waals surface area contributed by atoms with E-state index in [0.717, 1.165) is 12.8 Å². The summed E-state index contributed by atoms with van der Waals surface area (Å²) in [5, 5.41) is 7.76. The summed E-state index contributed by atoms with van der Waals surface area (Å²) in [5.74, 6) is 3.76. The zero-order chi connectivity index (χ0) is 31.9. The number of hydrogen-bond acceptors (Lipinski definition) is 4. The highest BCUT2D eigenvalue weighted by Crippen LogP contribution is 2.44. The minimum atomic E-state index is -0.282. The van der Waals surface area contributed by atoms with Gasteiger partial charge in [-0.1, -0.05) is 109 Å². The van der Waals surface area contributed by atoms with Crippen LogP contribution in [-0.2, 0) is 18.9 Å². The van der Waals surface area contributed by atoms with Crippen molar-refractivity contribution >= 4 is 38.4 Å². The minimum absolute atomic E-state index is 0.233. The average molecular weight is 623 g/mol. The molecule has 3 aliphatic carbocycles. The second kappa shape index (κ2) is 13.5. The number of ether oxygens (including phenoxy) is 4. The van der Waals surface area contributed by atoms with Crippen molar-refractivity contribution < 1.29 is 18.9 Å². The van der Waals surface area contributed by atoms with E-state index < -0.39 is 0 Å². The van der Waals surface area contributed by atoms with Gasteiger partial charge in [0.2, 0.25) is 0 Å². The molecule has 46 heavy (non-hydrogen) atoms. The van der Waals surface area contributed by atoms with Crippen LogP contribution in [0.15, 0.2) is 54.6 Å². The normalized spacial score (nSPS) is 30.3. The third-order valence-corrected chi connectivity index (χ3v) is 11.8. The van der Waals surface area contributed by atoms with Crippen molar-refractivity contribution in [2.24, 2.45) is 35.5 Å². The first kappa shape index (κ1) is 32.1. The van der Waals surface area contributed by atoms with Crippen molar-refractivity contribution in [1.29, 1.82) is 0 Å². The fourth-order valence-corrected chi connectivity index (χ4v) is 9.09. The fourth-order valence-electron chi connectivity index (χ4n) is 9.09. The van der Waals surface area contributed by atoms with Gasteiger partial charge in [-0.05, 0) is 111 Å². The summed E-state index contributed by atoms with van der Waals surface area (Å²) >= 11 is 0. The Morgan fingerprint density at radius 3 is 1.87 bits per heavy atom. The lowest BCUT2D eigenvalue weighted by Gasteiger charge is -2.38. The molecule has 2 saturated carbocycles. The fraction of sp³-hybridized carbons (Fsp3) is 0.571. The van der Waals surface area contributed by atoms with Crippen LogP contribution < -0.4 is 0 Å². The van der Waals surface area contributed by atoms with Crippen LogP contribution in [0.25, 0.3) is 38.4 Å². The van der Waals surface area contributed by atoms with Crippen molar-refractivity contribution in [2.45, 2.75) is 104 Å². The summed E-state index contributed by atoms with van der Waals surface area (Å²) < 4.78 is 26.5. The second-order valence-electron chi connectivity index (χ2n) is 15.6. The van der Waals surface area contributed by atoms with E-state index in [0.29, 0.717) is 35.5 Å². The van der Waals surface area contributed by atoms with E-state index in [1.54, 1.807) is 0 Å². The standard InChI is InChI=1S/C42H54O4/c1-25(2)32-15-10-27(5)20-38(32)44-23-43-37-19-18-34-35-17-14-30-9-7-8-29-12-13-31(41(35)40(29)30)22-36(34)42(37)46-24-45-39-21-28(6)11-16-33(39)26(3)4/h7-9,12-14,17-19,22,25-28,32-33,37-39,42H,10-11,15-16,20-21,23-24H2,1-6H3/t27-,28-,32+,33+,37-,38-,39-,42-/m1/s1. The van der Waals surface area contributed by atoms with Gasteiger partial charge in [0.1, 0.15) is 25.8 Å². The monoisotopic (exact) mass is 622 g/mol. The van der Waals surface area contributed by atoms with Gasteiger partial charge >= 0.3 is 0 Å². The maximum Gasteiger partial charge on any atom is 0.148 e. The molecule has 4 aromatic carbocycles. The van der Waals surface area contributed by atoms with E-state index in [9.17, 15) is 0 Å². The molecule has 0 N–H and O–H groups in total. The molecule has 4 aromatic rings. The van der Waals surface area contributed by atoms with Crippen molar-refractivity contribution in [3.05, 3.63) is 65.7 Å². The van der Waals surface area contributed by atoms with Gasteiger partial charge in [-0.3, -0.25) is 0 Å². The highest BCUT2D eigenvalue weighted by atomic mass is 16.7. The SMILES string of the molecule is CC(C)[C@@H]1CC[C@@H](C)C[C@H]1OCO[C@@H]1c2cc3ccc4cccc5ccc(c2C=C[C@H]1OCO[C@@H]1C[C@H](C)CC[C@H]1C(C)C)c3c45. The van der Waals surface area contributed by atoms with Crippen LogP contribution in [-0.4, -0.2) is 31.9 Å². The van der Waals surface area contributed by atoms with Crippen molar-refractivity contribution in [1.82, 2.24) is 0 Å². The van der Waals surface area contributed by atoms with Crippen LogP contribution in [0.3, 0.4) is 0 Å². The Labute approximate surface area is 276 Å². The van der Waals surface area contributed by atoms with E-state index >= 15 is 0 Å². The molecule has 7 rings (SSSR count). The average Bonchev–Trinajstić information content (AvgIpc) is 3.04. The minimum Gasteiger partial charge on any atom is -0.352 e. The smallest absolute Gasteiger partial charge is 0.148 e. The summed E-state index contributed by atoms with van der Waals surface area (Å²) in [7, 11) is 0. The Morgan fingerprint density at radius 2 is 1.24 bits per heavy atom. The molecule has 0 saturated heterocycles. The summed E-state index contributed by atoms with van der Waals surface area (Å²) in [6, 6.07) is 18.0. The van der Waals surface area contributed by atoms with Gasteiger partial charge in [-0.2, -0.15) is 0 Å². The molecule has 4 heteroatoms. The molecular weight excluding hydrogens is 568 g/mol. The van der Waals surface area contributed by atoms with Crippen molar-refractivity contribution in [2.75, 3.05) is 13.6 Å². The Morgan fingerprint density at radius 1 is 0.652 bits per heavy atom. The van der Waals surface area contributed by atoms with Crippen LogP contribution in [0.4, 0.5) is 0 Å². The Balaban J connectivity index is 1.17. The molecule has 0 heterocycles. The van der Waals surface area contributed by atoms with Crippen LogP contribution >= 0.6 is 0 Å². The third-order valence-electron chi connectivity index (χ3n) is 11.8. The summed E-state index contributed by atoms with van der Waals surface area (Å²) in [5.41, 5.74) is 2.40. The molecule has 2 fully saturated rings. The summed E-state index contributed by atoms with van der Waals surface area (Å²) in [4.78, 5) is 0. The van der Waals surface area contributed by atoms with Crippen LogP contribution in [0, 0.1) is 35.5 Å². The molecule has 0 unspecified atom stereocenters. The highest BCUT2D eigenvalue weighted by molar-refractivity contribution is 6.24. The topological polar surface area (TPSA) is 36.9 Å². The van der Waals surface area contributed by atoms with Gasteiger partial charge in [0.05, 0.1) is 12.2 Å². The maximum absolute atomic E-state index is 6.78. The zero-order valence-corrected chi connectivity index (χ0v) is 28.8. The van der Waals surface area contributed by atoms with Gasteiger partial charge in [0, 0.05) is 0 Å². The van der Waals surface area contributed by atoms with Gasteiger partial charge in [-0.25, -0.2) is 0 Å². The maximum atomic E-state index is 6.78. The number of hydrogen-bond donors (Lipinski definition) is 0. The van der Waals surface area contributed by atoms with E-state index in [1.807, 2.05) is 0 Å². The van der Waals surface area contributed by atoms with Crippen LogP contribution in [0.2, 0.25) is 0 Å². The van der Waals surface area contributed by atoms with E-state index in [-0.39, 0.29) is 38.0 Å². The van der Waals surface area contributed by atoms with E-state index in [4.69, 9.17) is 18.9 Å². The second-order valence-corrected chi connectivity index (χ2v) is 15.6. The molecule has 0 aromatic heterocycles. The lowest BCUT2D eigenvalue weighted by Crippen LogP contribution is -2.36. The van der Waals surface area contributed by atoms with Gasteiger partial charge < -0.3 is 18.9 Å². The quantitative estimate of drug-likeness (QED) is 0.130. The van der Waals surface area contributed by atoms with Crippen LogP contribution in [0.1, 0.15) is 97.3 Å². The Bertz CT molecular complexity index is 1640. The van der Waals surface area contributed by atoms with Gasteiger partial charge in [0.15, 0.2) is 0 Å². The first-order chi connectivity index (χ1) is 22.3. The predicted octanol–water partition coefficient (Wildman–Crippen LogP) is 10.9. The molecule has 4 nitrogen and oxygen atoms in total. The summed E-state index contributed by atoms with van der Waals surface area (Å²) in [6.45, 7) is 14.6. The molecule has 0 radical (unpaired) electrons. The number of fused-ring (bicyclic) bond motifs is 2. The zero-order valence-electron chi connectivity index (χ0n) is 28.8. The van der Waals surface area contributed by atoms with Gasteiger partial charge in [0.25, 0.3) is 0 Å². The Hall–Kier alpha value is -2.50. The number of benzene rings is 4. The highest BCUT2D eigenvalue weighted by Gasteiger charge is 2.35. The molecule has 246 valence electrons. The molecular formula is C42H54O4. The van der Waals surface area contributed by atoms with E-state index in [1.165, 1.54) is 69.1 Å². The Kier molecular flexibility index (Phi) is 9.45. The van der Waals surface area contributed by atoms with E-state index in [2.05, 4.69) is 102 Å². The first-order valence-corrected chi connectivity index (χ1v) is 18.1. The van der Waals surface area contributed by atoms with Crippen LogP contribution in [0.5, 0.6) is 0 Å². The van der Waals surface area contributed by atoms with Crippen molar-refractivity contribution in [3.8, 4) is 0 Å². The van der Waals surface area contributed by atoms with Crippen molar-refractivity contribution in [3.63, 3.8) is 0 Å². The predicted molar refractivity (Wildman–Crippen MR) is 190 cm³/mol. The molecule has 0 spiro atoms. The first-order valence-electron chi connectivity index (χ1n) is 18.1. The number of rotatable bonds is 10. The molecule has 3 aliphatic rings. The largest absolute Gasteiger partial charge is 0.352 e. The molecule has 0 amide bonds. The molecule has 8 atom stereocenters. The summed E-state index contributed by atoms with van der Waals surface area (Å²) in [6.07, 6.45) is 11.6. The lowest BCUT2D eigenvalue weighted by atomic mass is 9.75. The lowest BCUT2D eigenvalue weighted by molar-refractivity contribution is -0.194.